The van der Waals surface area contributed by atoms with E-state index in [0.29, 0.717) is 5.95 Å². The molecule has 0 aliphatic carbocycles. The van der Waals surface area contributed by atoms with Crippen LogP contribution in [0.4, 0.5) is 23.1 Å². The molecular weight excluding hydrogens is 370 g/mol. The van der Waals surface area contributed by atoms with Crippen LogP contribution in [0, 0.1) is 13.8 Å². The molecule has 0 fully saturated rings. The van der Waals surface area contributed by atoms with Gasteiger partial charge in [0.2, 0.25) is 5.95 Å². The van der Waals surface area contributed by atoms with Gasteiger partial charge in [0.05, 0.1) is 0 Å². The second kappa shape index (κ2) is 9.15. The van der Waals surface area contributed by atoms with Gasteiger partial charge in [-0.05, 0) is 72.5 Å². The predicted molar refractivity (Wildman–Crippen MR) is 119 cm³/mol. The lowest BCUT2D eigenvalue weighted by Gasteiger charge is -2.14. The van der Waals surface area contributed by atoms with Gasteiger partial charge < -0.3 is 10.6 Å². The molecule has 2 N–H and O–H groups in total. The molecule has 3 aromatic rings. The summed E-state index contributed by atoms with van der Waals surface area (Å²) < 4.78 is 0. The number of halogens is 1. The zero-order valence-electron chi connectivity index (χ0n) is 16.1. The highest BCUT2D eigenvalue weighted by atomic mass is 35.5. The quantitative estimate of drug-likeness (QED) is 0.518. The number of benzene rings is 2. The van der Waals surface area contributed by atoms with Gasteiger partial charge in [0, 0.05) is 36.4 Å². The van der Waals surface area contributed by atoms with Crippen molar-refractivity contribution in [2.75, 3.05) is 17.7 Å². The van der Waals surface area contributed by atoms with E-state index in [2.05, 4.69) is 51.6 Å². The van der Waals surface area contributed by atoms with Crippen LogP contribution >= 0.6 is 11.6 Å². The van der Waals surface area contributed by atoms with E-state index in [0.717, 1.165) is 39.4 Å². The second-order valence-corrected chi connectivity index (χ2v) is 6.60. The molecule has 0 saturated heterocycles. The summed E-state index contributed by atoms with van der Waals surface area (Å²) in [6, 6.07) is 13.9. The van der Waals surface area contributed by atoms with E-state index in [-0.39, 0.29) is 0 Å². The Morgan fingerprint density at radius 1 is 0.964 bits per heavy atom. The number of rotatable bonds is 6. The lowest BCUT2D eigenvalue weighted by molar-refractivity contribution is 1.16. The van der Waals surface area contributed by atoms with Gasteiger partial charge in [-0.25, -0.2) is 4.98 Å². The van der Waals surface area contributed by atoms with Crippen LogP contribution in [0.5, 0.6) is 0 Å². The van der Waals surface area contributed by atoms with Crippen LogP contribution in [0.25, 0.3) is 6.08 Å². The first-order chi connectivity index (χ1) is 13.6. The van der Waals surface area contributed by atoms with Crippen LogP contribution in [0.15, 0.2) is 59.2 Å². The Kier molecular flexibility index (Phi) is 6.40. The van der Waals surface area contributed by atoms with E-state index in [9.17, 15) is 0 Å². The number of anilines is 4. The van der Waals surface area contributed by atoms with E-state index in [4.69, 9.17) is 11.6 Å². The molecule has 1 heterocycles. The van der Waals surface area contributed by atoms with E-state index in [1.807, 2.05) is 42.6 Å². The highest BCUT2D eigenvalue weighted by Crippen LogP contribution is 2.26. The molecule has 6 heteroatoms. The molecule has 0 bridgehead atoms. The molecule has 142 valence electrons. The zero-order chi connectivity index (χ0) is 19.9. The van der Waals surface area contributed by atoms with Crippen LogP contribution in [-0.4, -0.2) is 23.2 Å². The highest BCUT2D eigenvalue weighted by molar-refractivity contribution is 6.27. The van der Waals surface area contributed by atoms with Crippen LogP contribution in [0.2, 0.25) is 0 Å². The minimum Gasteiger partial charge on any atom is -0.340 e. The third-order valence-electron chi connectivity index (χ3n) is 4.16. The van der Waals surface area contributed by atoms with Crippen molar-refractivity contribution in [3.05, 3.63) is 76.5 Å². The van der Waals surface area contributed by atoms with E-state index < -0.39 is 0 Å². The van der Waals surface area contributed by atoms with Gasteiger partial charge in [-0.1, -0.05) is 23.7 Å². The largest absolute Gasteiger partial charge is 0.340 e. The van der Waals surface area contributed by atoms with Gasteiger partial charge in [-0.2, -0.15) is 4.98 Å². The highest BCUT2D eigenvalue weighted by Gasteiger charge is 2.07. The normalized spacial score (nSPS) is 11.3. The fraction of sp³-hybridized carbons (Fsp3) is 0.136. The molecule has 0 aliphatic rings. The van der Waals surface area contributed by atoms with E-state index in [1.54, 1.807) is 13.2 Å². The number of nitrogens with zero attached hydrogens (tertiary/aromatic N) is 3. The predicted octanol–water partition coefficient (Wildman–Crippen LogP) is 5.84. The number of hydrogen-bond acceptors (Lipinski definition) is 5. The van der Waals surface area contributed by atoms with Crippen LogP contribution in [0.3, 0.4) is 0 Å². The van der Waals surface area contributed by atoms with Crippen molar-refractivity contribution >= 4 is 47.0 Å². The Labute approximate surface area is 170 Å². The fourth-order valence-electron chi connectivity index (χ4n) is 2.91. The molecule has 0 unspecified atom stereocenters. The second-order valence-electron chi connectivity index (χ2n) is 6.35. The summed E-state index contributed by atoms with van der Waals surface area (Å²) in [5.74, 6) is 1.25. The SMILES string of the molecule is CN=Cc1ccc(Nc2nccc(Nc3c(C)cc(/C=C\Cl)cc3C)n2)cc1. The number of aliphatic imine (C=N–C) groups is 1. The first kappa shape index (κ1) is 19.6. The summed E-state index contributed by atoms with van der Waals surface area (Å²) in [6.07, 6.45) is 5.41. The number of hydrogen-bond donors (Lipinski definition) is 2. The molecule has 3 rings (SSSR count). The first-order valence-corrected chi connectivity index (χ1v) is 9.30. The fourth-order valence-corrected chi connectivity index (χ4v) is 3.06. The maximum atomic E-state index is 5.69. The number of aryl methyl sites for hydroxylation is 2. The van der Waals surface area contributed by atoms with Crippen molar-refractivity contribution in [2.24, 2.45) is 4.99 Å². The first-order valence-electron chi connectivity index (χ1n) is 8.86. The Hall–Kier alpha value is -3.18. The third kappa shape index (κ3) is 4.96. The van der Waals surface area contributed by atoms with Gasteiger partial charge in [-0.3, -0.25) is 4.99 Å². The monoisotopic (exact) mass is 391 g/mol. The molecule has 1 aromatic heterocycles. The average Bonchev–Trinajstić information content (AvgIpc) is 2.67. The molecule has 0 radical (unpaired) electrons. The Morgan fingerprint density at radius 2 is 1.68 bits per heavy atom. The van der Waals surface area contributed by atoms with Gasteiger partial charge >= 0.3 is 0 Å². The maximum Gasteiger partial charge on any atom is 0.229 e. The molecule has 5 nitrogen and oxygen atoms in total. The van der Waals surface area contributed by atoms with Crippen molar-refractivity contribution < 1.29 is 0 Å². The van der Waals surface area contributed by atoms with Gasteiger partial charge in [0.15, 0.2) is 0 Å². The molecule has 0 aliphatic heterocycles. The molecule has 2 aromatic carbocycles. The van der Waals surface area contributed by atoms with E-state index >= 15 is 0 Å². The molecule has 0 amide bonds. The molecule has 28 heavy (non-hydrogen) atoms. The van der Waals surface area contributed by atoms with Gasteiger partial charge in [0.25, 0.3) is 0 Å². The Morgan fingerprint density at radius 3 is 2.32 bits per heavy atom. The molecule has 0 spiro atoms. The summed E-state index contributed by atoms with van der Waals surface area (Å²) in [5.41, 5.74) is 7.80. The molecular formula is C22H22ClN5. The minimum absolute atomic E-state index is 0.527. The van der Waals surface area contributed by atoms with Gasteiger partial charge in [0.1, 0.15) is 5.82 Å². The van der Waals surface area contributed by atoms with Crippen molar-refractivity contribution in [2.45, 2.75) is 13.8 Å². The van der Waals surface area contributed by atoms with Crippen molar-refractivity contribution in [3.63, 3.8) is 0 Å². The van der Waals surface area contributed by atoms with Gasteiger partial charge in [-0.15, -0.1) is 0 Å². The molecule has 0 atom stereocenters. The summed E-state index contributed by atoms with van der Waals surface area (Å²) in [5, 5.41) is 6.62. The smallest absolute Gasteiger partial charge is 0.229 e. The average molecular weight is 392 g/mol. The topological polar surface area (TPSA) is 62.2 Å². The summed E-state index contributed by atoms with van der Waals surface area (Å²) in [7, 11) is 1.75. The Bertz CT molecular complexity index is 987. The van der Waals surface area contributed by atoms with Crippen LogP contribution in [-0.2, 0) is 0 Å². The summed E-state index contributed by atoms with van der Waals surface area (Å²) in [6.45, 7) is 4.12. The van der Waals surface area contributed by atoms with Crippen molar-refractivity contribution in [3.8, 4) is 0 Å². The maximum absolute atomic E-state index is 5.69. The van der Waals surface area contributed by atoms with Crippen LogP contribution < -0.4 is 10.6 Å². The lowest BCUT2D eigenvalue weighted by atomic mass is 10.0. The van der Waals surface area contributed by atoms with E-state index in [1.165, 1.54) is 5.54 Å². The summed E-state index contributed by atoms with van der Waals surface area (Å²) in [4.78, 5) is 12.9. The zero-order valence-corrected chi connectivity index (χ0v) is 16.8. The molecule has 0 saturated carbocycles. The third-order valence-corrected chi connectivity index (χ3v) is 4.29. The standard InChI is InChI=1S/C22H22ClN5/c1-15-12-18(8-10-23)13-16(2)21(15)27-20-9-11-25-22(28-20)26-19-6-4-17(5-7-19)14-24-3/h4-14H,1-3H3,(H2,25,26,27,28)/b10-8-,24-14?. The lowest BCUT2D eigenvalue weighted by Crippen LogP contribution is -2.02. The Balaban J connectivity index is 1.78. The minimum atomic E-state index is 0.527. The van der Waals surface area contributed by atoms with Crippen LogP contribution in [0.1, 0.15) is 22.3 Å². The van der Waals surface area contributed by atoms with Crippen molar-refractivity contribution in [1.82, 2.24) is 9.97 Å². The van der Waals surface area contributed by atoms with Crippen molar-refractivity contribution in [1.29, 1.82) is 0 Å². The number of nitrogens with one attached hydrogen (secondary N) is 2. The summed E-state index contributed by atoms with van der Waals surface area (Å²) >= 11 is 5.69. The number of aromatic nitrogens is 2.